The fourth-order valence-corrected chi connectivity index (χ4v) is 2.11. The maximum absolute atomic E-state index is 5.76. The van der Waals surface area contributed by atoms with Gasteiger partial charge < -0.3 is 19.7 Å². The van der Waals surface area contributed by atoms with E-state index in [1.165, 1.54) is 0 Å². The first-order valence-electron chi connectivity index (χ1n) is 5.39. The fraction of sp³-hybridized carbons (Fsp3) is 0.182. The second kappa shape index (κ2) is 4.11. The molecule has 0 saturated carbocycles. The van der Waals surface area contributed by atoms with Gasteiger partial charge in [-0.2, -0.15) is 0 Å². The second-order valence-electron chi connectivity index (χ2n) is 3.78. The maximum Gasteiger partial charge on any atom is 0.191 e. The van der Waals surface area contributed by atoms with Crippen LogP contribution in [-0.2, 0) is 10.3 Å². The smallest absolute Gasteiger partial charge is 0.191 e. The lowest BCUT2D eigenvalue weighted by Gasteiger charge is -2.28. The molecule has 0 fully saturated rings. The molecule has 0 aromatic carbocycles. The first kappa shape index (κ1) is 10.7. The summed E-state index contributed by atoms with van der Waals surface area (Å²) < 4.78 is 5.76. The highest BCUT2D eigenvalue weighted by atomic mass is 16.5. The van der Waals surface area contributed by atoms with Crippen LogP contribution in [0.1, 0.15) is 17.1 Å². The number of H-pyrrole nitrogens is 3. The molecule has 7 nitrogen and oxygen atoms in total. The molecule has 3 aromatic heterocycles. The van der Waals surface area contributed by atoms with Crippen LogP contribution in [0.4, 0.5) is 0 Å². The monoisotopic (exact) mass is 244 g/mol. The summed E-state index contributed by atoms with van der Waals surface area (Å²) in [6, 6.07) is 0. The van der Waals surface area contributed by atoms with Gasteiger partial charge in [-0.1, -0.05) is 0 Å². The van der Waals surface area contributed by atoms with Crippen LogP contribution in [0, 0.1) is 0 Å². The van der Waals surface area contributed by atoms with Crippen molar-refractivity contribution in [3.8, 4) is 0 Å². The van der Waals surface area contributed by atoms with Crippen LogP contribution in [-0.4, -0.2) is 37.0 Å². The van der Waals surface area contributed by atoms with E-state index >= 15 is 0 Å². The maximum atomic E-state index is 5.76. The summed E-state index contributed by atoms with van der Waals surface area (Å²) in [5.41, 5.74) is 1.53. The Morgan fingerprint density at radius 3 is 1.44 bits per heavy atom. The number of aromatic amines is 3. The van der Waals surface area contributed by atoms with Crippen molar-refractivity contribution < 1.29 is 4.74 Å². The van der Waals surface area contributed by atoms with Crippen molar-refractivity contribution in [2.45, 2.75) is 5.60 Å². The molecular weight excluding hydrogens is 232 g/mol. The van der Waals surface area contributed by atoms with Crippen molar-refractivity contribution in [1.29, 1.82) is 0 Å². The van der Waals surface area contributed by atoms with Gasteiger partial charge in [-0.05, 0) is 0 Å². The summed E-state index contributed by atoms with van der Waals surface area (Å²) >= 11 is 0. The average molecular weight is 244 g/mol. The van der Waals surface area contributed by atoms with Crippen molar-refractivity contribution in [1.82, 2.24) is 29.9 Å². The number of ether oxygens (including phenoxy) is 1. The zero-order chi connectivity index (χ0) is 12.4. The molecule has 0 aliphatic rings. The summed E-state index contributed by atoms with van der Waals surface area (Å²) in [6.07, 6.45) is 9.96. The number of nitrogens with one attached hydrogen (secondary N) is 3. The number of aromatic nitrogens is 6. The topological polar surface area (TPSA) is 95.3 Å². The largest absolute Gasteiger partial charge is 0.359 e. The van der Waals surface area contributed by atoms with Crippen LogP contribution in [0.2, 0.25) is 0 Å². The number of rotatable bonds is 4. The molecule has 0 aliphatic heterocycles. The Bertz CT molecular complexity index is 499. The van der Waals surface area contributed by atoms with E-state index in [-0.39, 0.29) is 0 Å². The molecule has 0 atom stereocenters. The van der Waals surface area contributed by atoms with Crippen LogP contribution < -0.4 is 0 Å². The van der Waals surface area contributed by atoms with Crippen LogP contribution in [0.25, 0.3) is 0 Å². The number of imidazole rings is 3. The normalized spacial score (nSPS) is 11.8. The Labute approximate surface area is 103 Å². The minimum Gasteiger partial charge on any atom is -0.359 e. The first-order valence-corrected chi connectivity index (χ1v) is 5.39. The molecule has 3 heterocycles. The Kier molecular flexibility index (Phi) is 2.45. The second-order valence-corrected chi connectivity index (χ2v) is 3.78. The molecule has 3 aromatic rings. The third-order valence-electron chi connectivity index (χ3n) is 2.94. The van der Waals surface area contributed by atoms with E-state index in [9.17, 15) is 0 Å². The summed E-state index contributed by atoms with van der Waals surface area (Å²) in [4.78, 5) is 21.4. The van der Waals surface area contributed by atoms with E-state index in [1.807, 2.05) is 0 Å². The average Bonchev–Trinajstić information content (AvgIpc) is 3.16. The molecule has 0 unspecified atom stereocenters. The third kappa shape index (κ3) is 1.37. The quantitative estimate of drug-likeness (QED) is 0.632. The molecule has 92 valence electrons. The van der Waals surface area contributed by atoms with Gasteiger partial charge in [0.25, 0.3) is 0 Å². The molecule has 3 N–H and O–H groups in total. The van der Waals surface area contributed by atoms with E-state index in [0.29, 0.717) is 0 Å². The zero-order valence-corrected chi connectivity index (χ0v) is 9.71. The van der Waals surface area contributed by atoms with Crippen molar-refractivity contribution in [3.63, 3.8) is 0 Å². The van der Waals surface area contributed by atoms with Gasteiger partial charge in [-0.25, -0.2) is 15.0 Å². The van der Waals surface area contributed by atoms with Gasteiger partial charge in [0.2, 0.25) is 0 Å². The first-order chi connectivity index (χ1) is 8.88. The molecule has 18 heavy (non-hydrogen) atoms. The van der Waals surface area contributed by atoms with Crippen molar-refractivity contribution in [3.05, 3.63) is 54.7 Å². The molecule has 0 saturated heterocycles. The minimum atomic E-state index is -0.844. The Morgan fingerprint density at radius 1 is 0.833 bits per heavy atom. The van der Waals surface area contributed by atoms with Crippen LogP contribution in [0.3, 0.4) is 0 Å². The van der Waals surface area contributed by atoms with Gasteiger partial charge in [0.15, 0.2) is 5.60 Å². The summed E-state index contributed by atoms with van der Waals surface area (Å²) in [5.74, 6) is 0. The minimum absolute atomic E-state index is 0.790. The molecule has 7 heteroatoms. The fourth-order valence-electron chi connectivity index (χ4n) is 2.11. The van der Waals surface area contributed by atoms with Gasteiger partial charge in [-0.15, -0.1) is 0 Å². The van der Waals surface area contributed by atoms with E-state index in [0.717, 1.165) is 17.1 Å². The third-order valence-corrected chi connectivity index (χ3v) is 2.94. The zero-order valence-electron chi connectivity index (χ0n) is 9.71. The number of methoxy groups -OCH3 is 1. The van der Waals surface area contributed by atoms with Crippen LogP contribution in [0.15, 0.2) is 37.6 Å². The van der Waals surface area contributed by atoms with Crippen molar-refractivity contribution >= 4 is 0 Å². The lowest BCUT2D eigenvalue weighted by Crippen LogP contribution is -2.33. The van der Waals surface area contributed by atoms with Crippen LogP contribution >= 0.6 is 0 Å². The van der Waals surface area contributed by atoms with Crippen molar-refractivity contribution in [2.75, 3.05) is 7.11 Å². The summed E-state index contributed by atoms with van der Waals surface area (Å²) in [5, 5.41) is 0. The molecule has 0 bridgehead atoms. The predicted molar refractivity (Wildman–Crippen MR) is 62.7 cm³/mol. The Hall–Kier alpha value is -2.41. The lowest BCUT2D eigenvalue weighted by atomic mass is 9.93. The van der Waals surface area contributed by atoms with E-state index in [4.69, 9.17) is 4.74 Å². The lowest BCUT2D eigenvalue weighted by molar-refractivity contribution is 0.0485. The van der Waals surface area contributed by atoms with E-state index < -0.39 is 5.60 Å². The van der Waals surface area contributed by atoms with Crippen LogP contribution in [0.5, 0.6) is 0 Å². The molecule has 0 radical (unpaired) electrons. The van der Waals surface area contributed by atoms with Gasteiger partial charge >= 0.3 is 0 Å². The highest BCUT2D eigenvalue weighted by Gasteiger charge is 2.40. The molecule has 0 amide bonds. The number of hydrogen-bond donors (Lipinski definition) is 3. The summed E-state index contributed by atoms with van der Waals surface area (Å²) in [7, 11) is 1.63. The van der Waals surface area contributed by atoms with E-state index in [2.05, 4.69) is 29.9 Å². The predicted octanol–water partition coefficient (Wildman–Crippen LogP) is 0.794. The molecule has 3 rings (SSSR count). The van der Waals surface area contributed by atoms with Gasteiger partial charge in [0.05, 0.1) is 54.7 Å². The Morgan fingerprint density at radius 2 is 1.22 bits per heavy atom. The highest BCUT2D eigenvalue weighted by molar-refractivity contribution is 5.36. The van der Waals surface area contributed by atoms with Gasteiger partial charge in [0.1, 0.15) is 0 Å². The van der Waals surface area contributed by atoms with E-state index in [1.54, 1.807) is 44.7 Å². The summed E-state index contributed by atoms with van der Waals surface area (Å²) in [6.45, 7) is 0. The number of nitrogens with zero attached hydrogens (tertiary/aromatic N) is 3. The highest BCUT2D eigenvalue weighted by Crippen LogP contribution is 2.35. The standard InChI is InChI=1S/C11H12N6O/c1-18-11(8-2-12-5-15-8,9-3-13-6-16-9)10-4-14-7-17-10/h2-7H,1H3,(H,12,15)(H,13,16)(H,14,17). The molecule has 0 aliphatic carbocycles. The van der Waals surface area contributed by atoms with Crippen molar-refractivity contribution in [2.24, 2.45) is 0 Å². The molecular formula is C11H12N6O. The molecule has 0 spiro atoms. The Balaban J connectivity index is 2.25. The number of hydrogen-bond acceptors (Lipinski definition) is 4. The van der Waals surface area contributed by atoms with Gasteiger partial charge in [0, 0.05) is 7.11 Å². The SMILES string of the molecule is COC(c1cnc[nH]1)(c1cnc[nH]1)c1cnc[nH]1. The van der Waals surface area contributed by atoms with Gasteiger partial charge in [-0.3, -0.25) is 0 Å².